The maximum absolute atomic E-state index is 13.6. The van der Waals surface area contributed by atoms with Crippen LogP contribution >= 0.6 is 0 Å². The number of hydrogen-bond donors (Lipinski definition) is 4. The first-order valence-electron chi connectivity index (χ1n) is 19.0. The second-order valence-electron chi connectivity index (χ2n) is 18.6. The third-order valence-electron chi connectivity index (χ3n) is 16.0. The smallest absolute Gasteiger partial charge is 0.309 e. The molecule has 8 heteroatoms. The Morgan fingerprint density at radius 3 is 1.94 bits per heavy atom. The van der Waals surface area contributed by atoms with Gasteiger partial charge in [0.15, 0.2) is 0 Å². The van der Waals surface area contributed by atoms with Crippen LogP contribution in [-0.2, 0) is 19.1 Å². The van der Waals surface area contributed by atoms with Gasteiger partial charge in [-0.15, -0.1) is 0 Å². The normalized spacial score (nSPS) is 47.6. The Bertz CT molecular complexity index is 1280. The van der Waals surface area contributed by atoms with Gasteiger partial charge in [-0.2, -0.15) is 0 Å². The molecule has 5 aliphatic rings. The van der Waals surface area contributed by atoms with E-state index in [0.29, 0.717) is 32.1 Å². The lowest BCUT2D eigenvalue weighted by atomic mass is 9.33. The molecule has 14 atom stereocenters. The fourth-order valence-corrected chi connectivity index (χ4v) is 12.1. The number of aliphatic hydroxyl groups excluding tert-OH is 4. The first-order chi connectivity index (χ1) is 22.3. The van der Waals surface area contributed by atoms with Crippen molar-refractivity contribution in [2.75, 3.05) is 13.2 Å². The van der Waals surface area contributed by atoms with E-state index in [-0.39, 0.29) is 53.0 Å². The molecule has 5 rings (SSSR count). The van der Waals surface area contributed by atoms with Crippen LogP contribution in [0.4, 0.5) is 0 Å². The molecule has 0 spiro atoms. The van der Waals surface area contributed by atoms with E-state index in [1.165, 1.54) is 5.57 Å². The van der Waals surface area contributed by atoms with Crippen molar-refractivity contribution in [3.8, 4) is 0 Å². The van der Waals surface area contributed by atoms with Crippen LogP contribution in [0.5, 0.6) is 0 Å². The molecule has 274 valence electrons. The van der Waals surface area contributed by atoms with Gasteiger partial charge >= 0.3 is 11.9 Å². The number of hydrogen-bond acceptors (Lipinski definition) is 8. The van der Waals surface area contributed by atoms with E-state index >= 15 is 0 Å². The minimum absolute atomic E-state index is 0.0371. The van der Waals surface area contributed by atoms with Crippen molar-refractivity contribution in [3.63, 3.8) is 0 Å². The molecule has 0 aromatic carbocycles. The number of aliphatic hydroxyl groups is 4. The van der Waals surface area contributed by atoms with Crippen molar-refractivity contribution in [1.29, 1.82) is 0 Å². The second-order valence-corrected chi connectivity index (χ2v) is 18.6. The molecule has 0 radical (unpaired) electrons. The van der Waals surface area contributed by atoms with Crippen molar-refractivity contribution < 1.29 is 39.5 Å². The Hall–Kier alpha value is -1.48. The molecule has 0 bridgehead atoms. The number of carbonyl (C=O) groups excluding carboxylic acids is 2. The predicted molar refractivity (Wildman–Crippen MR) is 184 cm³/mol. The lowest BCUT2D eigenvalue weighted by Crippen LogP contribution is -2.72. The zero-order chi connectivity index (χ0) is 35.8. The average Bonchev–Trinajstić information content (AvgIpc) is 3.03. The van der Waals surface area contributed by atoms with Crippen LogP contribution in [0.2, 0.25) is 0 Å². The highest BCUT2D eigenvalue weighted by atomic mass is 16.6. The lowest BCUT2D eigenvalue weighted by molar-refractivity contribution is -0.269. The fourth-order valence-electron chi connectivity index (χ4n) is 12.1. The maximum Gasteiger partial charge on any atom is 0.309 e. The topological polar surface area (TPSA) is 134 Å². The molecule has 0 aromatic heterocycles. The van der Waals surface area contributed by atoms with E-state index in [9.17, 15) is 30.0 Å². The van der Waals surface area contributed by atoms with Crippen molar-refractivity contribution in [2.45, 2.75) is 151 Å². The molecular weight excluding hydrogens is 608 g/mol. The van der Waals surface area contributed by atoms with Gasteiger partial charge in [0.2, 0.25) is 0 Å². The van der Waals surface area contributed by atoms with Crippen molar-refractivity contribution >= 4 is 11.9 Å². The van der Waals surface area contributed by atoms with Gasteiger partial charge < -0.3 is 29.9 Å². The van der Waals surface area contributed by atoms with E-state index in [4.69, 9.17) is 9.47 Å². The molecule has 4 N–H and O–H groups in total. The zero-order valence-corrected chi connectivity index (χ0v) is 31.5. The molecule has 0 aliphatic heterocycles. The van der Waals surface area contributed by atoms with Crippen molar-refractivity contribution in [1.82, 2.24) is 0 Å². The molecule has 0 amide bonds. The summed E-state index contributed by atoms with van der Waals surface area (Å²) in [6.07, 6.45) is 5.34. The highest BCUT2D eigenvalue weighted by Crippen LogP contribution is 2.76. The largest absolute Gasteiger partial charge is 0.458 e. The van der Waals surface area contributed by atoms with Gasteiger partial charge in [0.05, 0.1) is 42.7 Å². The third-order valence-corrected chi connectivity index (χ3v) is 16.0. The zero-order valence-electron chi connectivity index (χ0n) is 31.5. The van der Waals surface area contributed by atoms with E-state index < -0.39 is 58.7 Å². The van der Waals surface area contributed by atoms with Crippen molar-refractivity contribution in [3.05, 3.63) is 11.6 Å². The molecule has 48 heavy (non-hydrogen) atoms. The molecule has 6 unspecified atom stereocenters. The molecule has 8 nitrogen and oxygen atoms in total. The van der Waals surface area contributed by atoms with Gasteiger partial charge in [-0.05, 0) is 91.8 Å². The molecule has 4 fully saturated rings. The van der Waals surface area contributed by atoms with E-state index in [1.807, 2.05) is 27.7 Å². The van der Waals surface area contributed by atoms with Crippen LogP contribution in [0.1, 0.15) is 127 Å². The molecule has 0 saturated heterocycles. The lowest BCUT2D eigenvalue weighted by Gasteiger charge is -2.72. The minimum atomic E-state index is -1.24. The number of fused-ring (bicyclic) bond motifs is 7. The van der Waals surface area contributed by atoms with Crippen LogP contribution in [0.3, 0.4) is 0 Å². The van der Waals surface area contributed by atoms with Gasteiger partial charge in [0.1, 0.15) is 12.2 Å². The second kappa shape index (κ2) is 12.6. The minimum Gasteiger partial charge on any atom is -0.458 e. The fraction of sp³-hybridized carbons (Fsp3) is 0.900. The number of allylic oxidation sites excluding steroid dienone is 2. The van der Waals surface area contributed by atoms with E-state index in [0.717, 1.165) is 25.7 Å². The monoisotopic (exact) mass is 674 g/mol. The Labute approximate surface area is 289 Å². The summed E-state index contributed by atoms with van der Waals surface area (Å²) in [7, 11) is 0. The third kappa shape index (κ3) is 5.10. The summed E-state index contributed by atoms with van der Waals surface area (Å²) < 4.78 is 12.7. The predicted octanol–water partition coefficient (Wildman–Crippen LogP) is 6.22. The van der Waals surface area contributed by atoms with Gasteiger partial charge in [0, 0.05) is 10.8 Å². The summed E-state index contributed by atoms with van der Waals surface area (Å²) in [5.41, 5.74) is -1.86. The Morgan fingerprint density at radius 1 is 0.812 bits per heavy atom. The molecule has 4 saturated carbocycles. The van der Waals surface area contributed by atoms with Crippen LogP contribution in [0.15, 0.2) is 11.6 Å². The van der Waals surface area contributed by atoms with Crippen molar-refractivity contribution in [2.24, 2.45) is 62.1 Å². The molecule has 5 aliphatic carbocycles. The molecule has 0 aromatic rings. The molecular formula is C40H66O8. The number of esters is 2. The SMILES string of the molecule is CCC(C)C(=O)OC1C(OC(=O)C(C)CC)[C@]2(CO)C(O)C[C@]3(C)C(=CC[C@@H]4[C@@]5(C)CCC(O)[C@@](C)(CO)[C@@H]5CC[C@]43C)[C@@H]2CC1(C)C. The Balaban J connectivity index is 1.63. The first kappa shape index (κ1) is 37.8. The van der Waals surface area contributed by atoms with E-state index in [1.54, 1.807) is 0 Å². The Morgan fingerprint density at radius 2 is 1.40 bits per heavy atom. The molecule has 0 heterocycles. The quantitative estimate of drug-likeness (QED) is 0.176. The Kier molecular flexibility index (Phi) is 9.94. The first-order valence-corrected chi connectivity index (χ1v) is 19.0. The summed E-state index contributed by atoms with van der Waals surface area (Å²) in [6, 6.07) is 0. The van der Waals surface area contributed by atoms with Gasteiger partial charge in [0.25, 0.3) is 0 Å². The highest BCUT2D eigenvalue weighted by molar-refractivity contribution is 5.73. The summed E-state index contributed by atoms with van der Waals surface area (Å²) >= 11 is 0. The van der Waals surface area contributed by atoms with Gasteiger partial charge in [-0.25, -0.2) is 0 Å². The van der Waals surface area contributed by atoms with Crippen LogP contribution in [-0.4, -0.2) is 70.0 Å². The average molecular weight is 675 g/mol. The van der Waals surface area contributed by atoms with Gasteiger partial charge in [-0.1, -0.05) is 80.9 Å². The summed E-state index contributed by atoms with van der Waals surface area (Å²) in [5.74, 6) is -1.31. The number of rotatable bonds is 8. The number of carbonyl (C=O) groups is 2. The highest BCUT2D eigenvalue weighted by Gasteiger charge is 2.73. The van der Waals surface area contributed by atoms with E-state index in [2.05, 4.69) is 47.6 Å². The van der Waals surface area contributed by atoms with Gasteiger partial charge in [-0.3, -0.25) is 9.59 Å². The van der Waals surface area contributed by atoms with Crippen LogP contribution < -0.4 is 0 Å². The summed E-state index contributed by atoms with van der Waals surface area (Å²) in [4.78, 5) is 27.0. The summed E-state index contributed by atoms with van der Waals surface area (Å²) in [6.45, 7) is 20.4. The van der Waals surface area contributed by atoms with Crippen LogP contribution in [0, 0.1) is 62.1 Å². The standard InChI is InChI=1S/C40H66O8/c1-11-23(3)33(45)47-31-32(48-34(46)24(4)12-2)40(22-42)26(19-35(31,5)6)25-13-14-28-36(7)17-16-29(43)37(8,21-41)27(36)15-18-38(28,9)39(25,10)20-30(40)44/h13,23-24,26-32,41-44H,11-12,14-22H2,1-10H3/t23?,24?,26-,27+,28+,29?,30?,31?,32?,36-,37-,38+,39+,40-/m0/s1. The van der Waals surface area contributed by atoms with Crippen LogP contribution in [0.25, 0.3) is 0 Å². The number of ether oxygens (including phenoxy) is 2. The maximum atomic E-state index is 13.6. The summed E-state index contributed by atoms with van der Waals surface area (Å²) in [5, 5.41) is 45.8.